The number of nitrogens with one attached hydrogen (secondary N) is 4. The lowest BCUT2D eigenvalue weighted by atomic mass is 10.0. The average molecular weight is 568 g/mol. The zero-order valence-electron chi connectivity index (χ0n) is 20.7. The van der Waals surface area contributed by atoms with Gasteiger partial charge in [-0.25, -0.2) is 14.8 Å². The van der Waals surface area contributed by atoms with Crippen molar-refractivity contribution in [1.82, 2.24) is 31.1 Å². The summed E-state index contributed by atoms with van der Waals surface area (Å²) in [4.78, 5) is 48.3. The van der Waals surface area contributed by atoms with Gasteiger partial charge in [0.1, 0.15) is 17.4 Å². The molecule has 4 N–H and O–H groups in total. The number of urea groups is 1. The molecule has 0 aliphatic rings. The van der Waals surface area contributed by atoms with Crippen LogP contribution in [0.1, 0.15) is 23.0 Å². The Labute approximate surface area is 224 Å². The van der Waals surface area contributed by atoms with Gasteiger partial charge in [-0.1, -0.05) is 0 Å². The fraction of sp³-hybridized carbons (Fsp3) is 0.304. The molecule has 39 heavy (non-hydrogen) atoms. The first-order valence-electron chi connectivity index (χ1n) is 11.3. The van der Waals surface area contributed by atoms with E-state index in [-0.39, 0.29) is 35.2 Å². The highest BCUT2D eigenvalue weighted by molar-refractivity contribution is 7.13. The Morgan fingerprint density at radius 3 is 2.54 bits per heavy atom. The largest absolute Gasteiger partial charge is 0.434 e. The summed E-state index contributed by atoms with van der Waals surface area (Å²) >= 11 is 0.753. The SMILES string of the molecule is CCNC(=O)Nc1cc(-c2nc(C(F)(F)F)cs2)c(-c2cncc(C(=O)NNC(=O)COCCOC)c2)cn1. The van der Waals surface area contributed by atoms with Gasteiger partial charge in [-0.15, -0.1) is 11.3 Å². The van der Waals surface area contributed by atoms with E-state index in [0.29, 0.717) is 24.3 Å². The molecule has 0 radical (unpaired) electrons. The average Bonchev–Trinajstić information content (AvgIpc) is 3.41. The topological polar surface area (TPSA) is 156 Å². The number of rotatable bonds is 10. The molecule has 0 bridgehead atoms. The van der Waals surface area contributed by atoms with Crippen molar-refractivity contribution in [3.8, 4) is 21.7 Å². The van der Waals surface area contributed by atoms with Crippen molar-refractivity contribution in [2.75, 3.05) is 38.8 Å². The first-order valence-corrected chi connectivity index (χ1v) is 12.2. The fourth-order valence-electron chi connectivity index (χ4n) is 3.03. The molecular formula is C23H24F3N7O5S. The van der Waals surface area contributed by atoms with Crippen LogP contribution < -0.4 is 21.5 Å². The Balaban J connectivity index is 1.87. The molecule has 16 heteroatoms. The van der Waals surface area contributed by atoms with Crippen LogP contribution in [0.4, 0.5) is 23.8 Å². The molecule has 3 aromatic rings. The molecule has 4 amide bonds. The van der Waals surface area contributed by atoms with Crippen molar-refractivity contribution in [1.29, 1.82) is 0 Å². The summed E-state index contributed by atoms with van der Waals surface area (Å²) in [6, 6.07) is 2.24. The second kappa shape index (κ2) is 13.6. The van der Waals surface area contributed by atoms with Gasteiger partial charge in [0, 0.05) is 54.3 Å². The van der Waals surface area contributed by atoms with Gasteiger partial charge in [0.2, 0.25) is 0 Å². The molecule has 208 valence electrons. The van der Waals surface area contributed by atoms with Gasteiger partial charge >= 0.3 is 12.2 Å². The van der Waals surface area contributed by atoms with E-state index in [9.17, 15) is 27.6 Å². The van der Waals surface area contributed by atoms with E-state index in [2.05, 4.69) is 36.4 Å². The number of ether oxygens (including phenoxy) is 2. The molecule has 0 unspecified atom stereocenters. The number of pyridine rings is 2. The van der Waals surface area contributed by atoms with Gasteiger partial charge in [0.05, 0.1) is 18.8 Å². The maximum Gasteiger partial charge on any atom is 0.434 e. The second-order valence-corrected chi connectivity index (χ2v) is 8.50. The lowest BCUT2D eigenvalue weighted by Gasteiger charge is -2.12. The zero-order valence-corrected chi connectivity index (χ0v) is 21.5. The van der Waals surface area contributed by atoms with E-state index in [1.165, 1.54) is 37.8 Å². The number of hydrogen-bond acceptors (Lipinski definition) is 9. The van der Waals surface area contributed by atoms with Crippen LogP contribution in [0, 0.1) is 0 Å². The summed E-state index contributed by atoms with van der Waals surface area (Å²) in [5.74, 6) is -1.23. The Morgan fingerprint density at radius 1 is 1.05 bits per heavy atom. The standard InChI is InChI=1S/C23H24F3N7O5S/c1-3-28-22(36)31-18-7-15(21-30-17(12-39-21)23(24,25)26)16(10-29-18)13-6-14(9-27-8-13)20(35)33-32-19(34)11-38-5-4-37-2/h6-10,12H,3-5,11H2,1-2H3,(H,32,34)(H,33,35)(H2,28,29,31,36). The van der Waals surface area contributed by atoms with Crippen molar-refractivity contribution in [2.24, 2.45) is 0 Å². The molecule has 0 atom stereocenters. The quantitative estimate of drug-likeness (QED) is 0.215. The van der Waals surface area contributed by atoms with Crippen LogP contribution in [0.25, 0.3) is 21.7 Å². The first-order chi connectivity index (χ1) is 18.6. The summed E-state index contributed by atoms with van der Waals surface area (Å²) < 4.78 is 49.5. The van der Waals surface area contributed by atoms with Crippen LogP contribution in [0.2, 0.25) is 0 Å². The summed E-state index contributed by atoms with van der Waals surface area (Å²) in [6.07, 6.45) is -0.704. The number of carbonyl (C=O) groups excluding carboxylic acids is 3. The molecule has 3 rings (SSSR count). The number of halogens is 3. The Bertz CT molecular complexity index is 1320. The van der Waals surface area contributed by atoms with Crippen LogP contribution >= 0.6 is 11.3 Å². The highest BCUT2D eigenvalue weighted by Gasteiger charge is 2.34. The van der Waals surface area contributed by atoms with Crippen LogP contribution in [0.5, 0.6) is 0 Å². The molecular weight excluding hydrogens is 543 g/mol. The lowest BCUT2D eigenvalue weighted by Crippen LogP contribution is -2.43. The van der Waals surface area contributed by atoms with E-state index in [4.69, 9.17) is 9.47 Å². The Kier molecular flexibility index (Phi) is 10.2. The molecule has 0 aliphatic heterocycles. The van der Waals surface area contributed by atoms with Crippen LogP contribution in [-0.2, 0) is 20.4 Å². The number of alkyl halides is 3. The zero-order chi connectivity index (χ0) is 28.4. The minimum atomic E-state index is -4.65. The smallest absolute Gasteiger partial charge is 0.382 e. The highest BCUT2D eigenvalue weighted by Crippen LogP contribution is 2.38. The van der Waals surface area contributed by atoms with E-state index >= 15 is 0 Å². The van der Waals surface area contributed by atoms with Crippen molar-refractivity contribution >= 4 is 35.0 Å². The van der Waals surface area contributed by atoms with Gasteiger partial charge in [-0.05, 0) is 19.1 Å². The van der Waals surface area contributed by atoms with Gasteiger partial charge in [0.25, 0.3) is 11.8 Å². The van der Waals surface area contributed by atoms with Crippen molar-refractivity contribution in [2.45, 2.75) is 13.1 Å². The molecule has 3 heterocycles. The maximum absolute atomic E-state index is 13.2. The molecule has 0 saturated carbocycles. The normalized spacial score (nSPS) is 11.1. The number of nitrogens with zero attached hydrogens (tertiary/aromatic N) is 3. The third-order valence-corrected chi connectivity index (χ3v) is 5.68. The molecule has 0 aromatic carbocycles. The van der Waals surface area contributed by atoms with Crippen LogP contribution in [0.3, 0.4) is 0 Å². The summed E-state index contributed by atoms with van der Waals surface area (Å²) in [7, 11) is 1.48. The fourth-order valence-corrected chi connectivity index (χ4v) is 3.89. The van der Waals surface area contributed by atoms with Gasteiger partial charge < -0.3 is 14.8 Å². The van der Waals surface area contributed by atoms with E-state index in [0.717, 1.165) is 16.7 Å². The number of anilines is 1. The van der Waals surface area contributed by atoms with Crippen molar-refractivity contribution in [3.63, 3.8) is 0 Å². The van der Waals surface area contributed by atoms with Crippen molar-refractivity contribution < 1.29 is 37.0 Å². The van der Waals surface area contributed by atoms with Crippen molar-refractivity contribution in [3.05, 3.63) is 47.4 Å². The van der Waals surface area contributed by atoms with E-state index in [1.54, 1.807) is 6.92 Å². The third-order valence-electron chi connectivity index (χ3n) is 4.80. The summed E-state index contributed by atoms with van der Waals surface area (Å²) in [6.45, 7) is 2.26. The van der Waals surface area contributed by atoms with E-state index in [1.807, 2.05) is 0 Å². The maximum atomic E-state index is 13.2. The summed E-state index contributed by atoms with van der Waals surface area (Å²) in [5, 5.41) is 5.92. The molecule has 0 aliphatic carbocycles. The monoisotopic (exact) mass is 567 g/mol. The van der Waals surface area contributed by atoms with Crippen LogP contribution in [-0.4, -0.2) is 66.3 Å². The summed E-state index contributed by atoms with van der Waals surface area (Å²) in [5.41, 5.74) is 4.25. The second-order valence-electron chi connectivity index (χ2n) is 7.65. The van der Waals surface area contributed by atoms with Gasteiger partial charge in [-0.2, -0.15) is 13.2 Å². The third kappa shape index (κ3) is 8.42. The number of methoxy groups -OCH3 is 1. The molecule has 0 fully saturated rings. The van der Waals surface area contributed by atoms with E-state index < -0.39 is 29.7 Å². The number of hydrazine groups is 1. The predicted molar refractivity (Wildman–Crippen MR) is 135 cm³/mol. The molecule has 0 saturated heterocycles. The highest BCUT2D eigenvalue weighted by atomic mass is 32.1. The van der Waals surface area contributed by atoms with Crippen LogP contribution in [0.15, 0.2) is 36.1 Å². The number of amides is 4. The number of hydrogen-bond donors (Lipinski definition) is 4. The lowest BCUT2D eigenvalue weighted by molar-refractivity contribution is -0.140. The Hall–Kier alpha value is -4.15. The number of carbonyl (C=O) groups is 3. The Morgan fingerprint density at radius 2 is 1.85 bits per heavy atom. The molecule has 0 spiro atoms. The molecule has 12 nitrogen and oxygen atoms in total. The van der Waals surface area contributed by atoms with Gasteiger partial charge in [-0.3, -0.25) is 30.7 Å². The molecule has 3 aromatic heterocycles. The minimum absolute atomic E-state index is 0.00858. The first kappa shape index (κ1) is 29.4. The minimum Gasteiger partial charge on any atom is -0.382 e. The van der Waals surface area contributed by atoms with Gasteiger partial charge in [0.15, 0.2) is 5.69 Å². The number of thiazole rings is 1. The predicted octanol–water partition coefficient (Wildman–Crippen LogP) is 2.85. The number of aromatic nitrogens is 3.